The molecule has 2 heterocycles. The molecule has 1 aromatic carbocycles. The summed E-state index contributed by atoms with van der Waals surface area (Å²) in [6, 6.07) is 7.60. The van der Waals surface area contributed by atoms with Crippen molar-refractivity contribution >= 4 is 17.5 Å². The zero-order valence-electron chi connectivity index (χ0n) is 13.4. The number of aromatic nitrogens is 2. The molecule has 0 atom stereocenters. The largest absolute Gasteiger partial charge is 0.338 e. The molecule has 1 N–H and O–H groups in total. The third-order valence-electron chi connectivity index (χ3n) is 3.99. The van der Waals surface area contributed by atoms with Crippen LogP contribution in [-0.2, 0) is 4.79 Å². The first-order valence-electron chi connectivity index (χ1n) is 8.00. The van der Waals surface area contributed by atoms with Crippen molar-refractivity contribution in [1.29, 1.82) is 0 Å². The standard InChI is InChI=1S/C17H20FN5O/c18-14-2-4-15(5-3-14)21-16(24)6-9-22-10-12-23(13-11-22)17-19-7-1-8-20-17/h1-5,7-8H,6,9-13H2,(H,21,24). The minimum Gasteiger partial charge on any atom is -0.338 e. The van der Waals surface area contributed by atoms with Crippen LogP contribution in [0.25, 0.3) is 0 Å². The van der Waals surface area contributed by atoms with Gasteiger partial charge in [0.1, 0.15) is 5.82 Å². The van der Waals surface area contributed by atoms with Gasteiger partial charge in [0.2, 0.25) is 11.9 Å². The first-order chi connectivity index (χ1) is 11.7. The second-order valence-electron chi connectivity index (χ2n) is 5.68. The van der Waals surface area contributed by atoms with Gasteiger partial charge in [0, 0.05) is 57.2 Å². The number of nitrogens with zero attached hydrogens (tertiary/aromatic N) is 4. The van der Waals surface area contributed by atoms with Crippen molar-refractivity contribution in [3.8, 4) is 0 Å². The van der Waals surface area contributed by atoms with E-state index in [1.54, 1.807) is 30.6 Å². The number of hydrogen-bond donors (Lipinski definition) is 1. The average molecular weight is 329 g/mol. The summed E-state index contributed by atoms with van der Waals surface area (Å²) >= 11 is 0. The molecule has 0 spiro atoms. The molecule has 0 bridgehead atoms. The highest BCUT2D eigenvalue weighted by atomic mass is 19.1. The summed E-state index contributed by atoms with van der Waals surface area (Å²) in [5, 5.41) is 2.78. The molecule has 3 rings (SSSR count). The smallest absolute Gasteiger partial charge is 0.225 e. The number of benzene rings is 1. The minimum absolute atomic E-state index is 0.0598. The maximum atomic E-state index is 12.8. The van der Waals surface area contributed by atoms with Gasteiger partial charge in [-0.25, -0.2) is 14.4 Å². The first-order valence-corrected chi connectivity index (χ1v) is 8.00. The highest BCUT2D eigenvalue weighted by Crippen LogP contribution is 2.11. The summed E-state index contributed by atoms with van der Waals surface area (Å²) in [5.74, 6) is 0.384. The van der Waals surface area contributed by atoms with Crippen molar-refractivity contribution < 1.29 is 9.18 Å². The molecule has 0 aliphatic carbocycles. The lowest BCUT2D eigenvalue weighted by atomic mass is 10.2. The molecule has 0 unspecified atom stereocenters. The van der Waals surface area contributed by atoms with E-state index in [0.29, 0.717) is 18.7 Å². The van der Waals surface area contributed by atoms with Crippen molar-refractivity contribution in [2.24, 2.45) is 0 Å². The lowest BCUT2D eigenvalue weighted by Crippen LogP contribution is -2.47. The molecule has 2 aromatic rings. The summed E-state index contributed by atoms with van der Waals surface area (Å²) in [4.78, 5) is 24.9. The Labute approximate surface area is 140 Å². The molecule has 1 fully saturated rings. The fraction of sp³-hybridized carbons (Fsp3) is 0.353. The number of amides is 1. The van der Waals surface area contributed by atoms with E-state index < -0.39 is 0 Å². The molecule has 0 saturated carbocycles. The molecule has 6 nitrogen and oxygen atoms in total. The maximum Gasteiger partial charge on any atom is 0.225 e. The van der Waals surface area contributed by atoms with E-state index in [1.807, 2.05) is 0 Å². The van der Waals surface area contributed by atoms with Crippen LogP contribution in [0.2, 0.25) is 0 Å². The quantitative estimate of drug-likeness (QED) is 0.906. The van der Waals surface area contributed by atoms with Crippen LogP contribution in [0.1, 0.15) is 6.42 Å². The monoisotopic (exact) mass is 329 g/mol. The van der Waals surface area contributed by atoms with Crippen molar-refractivity contribution in [3.05, 3.63) is 48.5 Å². The fourth-order valence-corrected chi connectivity index (χ4v) is 2.64. The van der Waals surface area contributed by atoms with Crippen LogP contribution in [0, 0.1) is 5.82 Å². The van der Waals surface area contributed by atoms with E-state index in [-0.39, 0.29) is 11.7 Å². The summed E-state index contributed by atoms with van der Waals surface area (Å²) < 4.78 is 12.8. The van der Waals surface area contributed by atoms with Gasteiger partial charge in [0.05, 0.1) is 0 Å². The van der Waals surface area contributed by atoms with E-state index >= 15 is 0 Å². The highest BCUT2D eigenvalue weighted by molar-refractivity contribution is 5.90. The predicted molar refractivity (Wildman–Crippen MR) is 90.3 cm³/mol. The van der Waals surface area contributed by atoms with Gasteiger partial charge in [-0.05, 0) is 30.3 Å². The first kappa shape index (κ1) is 16.3. The predicted octanol–water partition coefficient (Wildman–Crippen LogP) is 1.77. The summed E-state index contributed by atoms with van der Waals surface area (Å²) in [6.45, 7) is 4.16. The van der Waals surface area contributed by atoms with Gasteiger partial charge in [-0.2, -0.15) is 0 Å². The Morgan fingerprint density at radius 3 is 2.42 bits per heavy atom. The second kappa shape index (κ2) is 7.83. The Kier molecular flexibility index (Phi) is 5.32. The molecular weight excluding hydrogens is 309 g/mol. The topological polar surface area (TPSA) is 61.4 Å². The lowest BCUT2D eigenvalue weighted by Gasteiger charge is -2.34. The lowest BCUT2D eigenvalue weighted by molar-refractivity contribution is -0.116. The van der Waals surface area contributed by atoms with Gasteiger partial charge in [-0.15, -0.1) is 0 Å². The van der Waals surface area contributed by atoms with E-state index in [1.165, 1.54) is 12.1 Å². The molecule has 1 aliphatic rings. The highest BCUT2D eigenvalue weighted by Gasteiger charge is 2.19. The van der Waals surface area contributed by atoms with E-state index in [0.717, 1.165) is 32.1 Å². The minimum atomic E-state index is -0.312. The number of halogens is 1. The zero-order chi connectivity index (χ0) is 16.8. The van der Waals surface area contributed by atoms with Gasteiger partial charge in [0.25, 0.3) is 0 Å². The summed E-state index contributed by atoms with van der Waals surface area (Å²) in [6.07, 6.45) is 3.90. The third kappa shape index (κ3) is 4.48. The van der Waals surface area contributed by atoms with Gasteiger partial charge in [0.15, 0.2) is 0 Å². The van der Waals surface area contributed by atoms with Crippen molar-refractivity contribution in [2.75, 3.05) is 42.9 Å². The summed E-state index contributed by atoms with van der Waals surface area (Å²) in [5.41, 5.74) is 0.618. The molecule has 1 aromatic heterocycles. The fourth-order valence-electron chi connectivity index (χ4n) is 2.64. The molecule has 126 valence electrons. The van der Waals surface area contributed by atoms with Crippen LogP contribution in [-0.4, -0.2) is 53.5 Å². The number of rotatable bonds is 5. The molecule has 1 aliphatic heterocycles. The van der Waals surface area contributed by atoms with E-state index in [4.69, 9.17) is 0 Å². The molecule has 1 amide bonds. The van der Waals surface area contributed by atoms with Crippen molar-refractivity contribution in [3.63, 3.8) is 0 Å². The third-order valence-corrected chi connectivity index (χ3v) is 3.99. The van der Waals surface area contributed by atoms with E-state index in [9.17, 15) is 9.18 Å². The Bertz CT molecular complexity index is 656. The van der Waals surface area contributed by atoms with Gasteiger partial charge in [-0.1, -0.05) is 0 Å². The number of carbonyl (C=O) groups is 1. The van der Waals surface area contributed by atoms with Gasteiger partial charge >= 0.3 is 0 Å². The van der Waals surface area contributed by atoms with Crippen molar-refractivity contribution in [1.82, 2.24) is 14.9 Å². The zero-order valence-corrected chi connectivity index (χ0v) is 13.4. The Hall–Kier alpha value is -2.54. The SMILES string of the molecule is O=C(CCN1CCN(c2ncccn2)CC1)Nc1ccc(F)cc1. The van der Waals surface area contributed by atoms with Crippen LogP contribution >= 0.6 is 0 Å². The van der Waals surface area contributed by atoms with Gasteiger partial charge < -0.3 is 10.2 Å². The number of carbonyl (C=O) groups excluding carboxylic acids is 1. The Morgan fingerprint density at radius 2 is 1.75 bits per heavy atom. The van der Waals surface area contributed by atoms with Crippen molar-refractivity contribution in [2.45, 2.75) is 6.42 Å². The normalized spacial score (nSPS) is 15.3. The second-order valence-corrected chi connectivity index (χ2v) is 5.68. The Balaban J connectivity index is 1.40. The van der Waals surface area contributed by atoms with Crippen LogP contribution in [0.15, 0.2) is 42.7 Å². The Morgan fingerprint density at radius 1 is 1.08 bits per heavy atom. The summed E-state index contributed by atoms with van der Waals surface area (Å²) in [7, 11) is 0. The van der Waals surface area contributed by atoms with Crippen LogP contribution in [0.5, 0.6) is 0 Å². The molecular formula is C17H20FN5O. The maximum absolute atomic E-state index is 12.8. The number of piperazine rings is 1. The van der Waals surface area contributed by atoms with Gasteiger partial charge in [-0.3, -0.25) is 9.69 Å². The van der Waals surface area contributed by atoms with Crippen LogP contribution in [0.3, 0.4) is 0 Å². The molecule has 7 heteroatoms. The van der Waals surface area contributed by atoms with E-state index in [2.05, 4.69) is 25.1 Å². The van der Waals surface area contributed by atoms with Crippen LogP contribution < -0.4 is 10.2 Å². The molecule has 0 radical (unpaired) electrons. The molecule has 1 saturated heterocycles. The number of hydrogen-bond acceptors (Lipinski definition) is 5. The van der Waals surface area contributed by atoms with Crippen LogP contribution in [0.4, 0.5) is 16.0 Å². The molecule has 24 heavy (non-hydrogen) atoms. The number of nitrogens with one attached hydrogen (secondary N) is 1. The number of anilines is 2. The average Bonchev–Trinajstić information content (AvgIpc) is 2.63.